The van der Waals surface area contributed by atoms with Gasteiger partial charge in [-0.1, -0.05) is 51.1 Å². The second-order valence-electron chi connectivity index (χ2n) is 8.11. The number of allylic oxidation sites excluding steroid dienone is 2. The average Bonchev–Trinajstić information content (AvgIpc) is 3.04. The van der Waals surface area contributed by atoms with E-state index in [0.717, 1.165) is 29.8 Å². The summed E-state index contributed by atoms with van der Waals surface area (Å²) in [5.41, 5.74) is 4.45. The zero-order valence-corrected chi connectivity index (χ0v) is 14.9. The molecule has 25 heavy (non-hydrogen) atoms. The Morgan fingerprint density at radius 2 is 1.96 bits per heavy atom. The molecule has 2 aliphatic rings. The normalized spacial score (nSPS) is 27.4. The number of aliphatic hydroxyl groups is 1. The highest BCUT2D eigenvalue weighted by Gasteiger charge is 2.54. The third-order valence-electron chi connectivity index (χ3n) is 6.36. The predicted octanol–water partition coefficient (Wildman–Crippen LogP) is 5.02. The molecule has 0 unspecified atom stereocenters. The second kappa shape index (κ2) is 5.23. The van der Waals surface area contributed by atoms with Gasteiger partial charge in [-0.05, 0) is 25.2 Å². The van der Waals surface area contributed by atoms with Crippen LogP contribution in [0.4, 0.5) is 0 Å². The highest BCUT2D eigenvalue weighted by atomic mass is 16.3. The van der Waals surface area contributed by atoms with Gasteiger partial charge in [-0.15, -0.1) is 0 Å². The van der Waals surface area contributed by atoms with Gasteiger partial charge in [0.05, 0.1) is 12.3 Å². The first-order valence-corrected chi connectivity index (χ1v) is 8.82. The van der Waals surface area contributed by atoms with E-state index >= 15 is 0 Å². The second-order valence-corrected chi connectivity index (χ2v) is 8.11. The Hall–Kier alpha value is -2.54. The van der Waals surface area contributed by atoms with Crippen LogP contribution in [-0.2, 0) is 11.8 Å². The lowest BCUT2D eigenvalue weighted by Crippen LogP contribution is -2.49. The molecule has 0 radical (unpaired) electrons. The number of H-pyrrole nitrogens is 1. The maximum absolute atomic E-state index is 10.6. The van der Waals surface area contributed by atoms with Gasteiger partial charge in [0.15, 0.2) is 0 Å². The lowest BCUT2D eigenvalue weighted by molar-refractivity contribution is 0.0629. The first kappa shape index (κ1) is 16.0. The summed E-state index contributed by atoms with van der Waals surface area (Å²) in [6, 6.07) is 10.3. The van der Waals surface area contributed by atoms with Crippen molar-refractivity contribution in [1.29, 1.82) is 0 Å². The van der Waals surface area contributed by atoms with Crippen molar-refractivity contribution in [3.8, 4) is 11.3 Å². The van der Waals surface area contributed by atoms with E-state index in [9.17, 15) is 5.11 Å². The Bertz CT molecular complexity index is 901. The molecule has 1 aromatic carbocycles. The molecule has 1 heterocycles. The Morgan fingerprint density at radius 3 is 2.64 bits per heavy atom. The van der Waals surface area contributed by atoms with E-state index in [-0.39, 0.29) is 17.1 Å². The van der Waals surface area contributed by atoms with Crippen LogP contribution < -0.4 is 0 Å². The summed E-state index contributed by atoms with van der Waals surface area (Å²) in [6.45, 7) is 13.9. The van der Waals surface area contributed by atoms with E-state index in [2.05, 4.69) is 47.9 Å². The van der Waals surface area contributed by atoms with Gasteiger partial charge in [-0.3, -0.25) is 5.10 Å². The smallest absolute Gasteiger partial charge is 0.203 e. The number of nitrogens with zero attached hydrogens (tertiary/aromatic N) is 2. The van der Waals surface area contributed by atoms with Crippen LogP contribution in [-0.4, -0.2) is 15.3 Å². The molecule has 0 aliphatic heterocycles. The van der Waals surface area contributed by atoms with Crippen molar-refractivity contribution in [3.63, 3.8) is 0 Å². The van der Waals surface area contributed by atoms with Crippen LogP contribution in [0.3, 0.4) is 0 Å². The molecule has 2 N–H and O–H groups in total. The number of nitrogens with one attached hydrogen (secondary N) is 1. The number of aromatic amines is 1. The fourth-order valence-corrected chi connectivity index (χ4v) is 5.13. The summed E-state index contributed by atoms with van der Waals surface area (Å²) in [7, 11) is 0. The third-order valence-corrected chi connectivity index (χ3v) is 6.36. The zero-order valence-electron chi connectivity index (χ0n) is 14.9. The fraction of sp³-hybridized carbons (Fsp3) is 0.429. The van der Waals surface area contributed by atoms with Crippen LogP contribution in [0.25, 0.3) is 16.1 Å². The van der Waals surface area contributed by atoms with E-state index < -0.39 is 5.41 Å². The fourth-order valence-electron chi connectivity index (χ4n) is 5.13. The molecule has 2 atom stereocenters. The van der Waals surface area contributed by atoms with Gasteiger partial charge in [0.2, 0.25) is 5.70 Å². The molecule has 0 saturated heterocycles. The summed E-state index contributed by atoms with van der Waals surface area (Å²) in [5.74, 6) is 0.554. The van der Waals surface area contributed by atoms with E-state index in [1.807, 2.05) is 18.2 Å². The number of aliphatic hydroxyl groups excluding tert-OH is 1. The molecule has 128 valence electrons. The van der Waals surface area contributed by atoms with Crippen molar-refractivity contribution in [1.82, 2.24) is 10.2 Å². The number of hydrogen-bond donors (Lipinski definition) is 2. The Kier molecular flexibility index (Phi) is 3.34. The lowest BCUT2D eigenvalue weighted by Gasteiger charge is -2.52. The van der Waals surface area contributed by atoms with Gasteiger partial charge in [0, 0.05) is 27.7 Å². The molecule has 4 rings (SSSR count). The molecule has 0 saturated carbocycles. The molecule has 4 nitrogen and oxygen atoms in total. The van der Waals surface area contributed by atoms with Gasteiger partial charge in [0.25, 0.3) is 0 Å². The third kappa shape index (κ3) is 2.08. The van der Waals surface area contributed by atoms with Crippen molar-refractivity contribution in [2.75, 3.05) is 0 Å². The van der Waals surface area contributed by atoms with Gasteiger partial charge in [-0.25, -0.2) is 4.85 Å². The van der Waals surface area contributed by atoms with Gasteiger partial charge in [-0.2, -0.15) is 5.10 Å². The molecule has 0 amide bonds. The maximum Gasteiger partial charge on any atom is 0.203 e. The van der Waals surface area contributed by atoms with Gasteiger partial charge < -0.3 is 5.11 Å². The molecule has 2 aliphatic carbocycles. The van der Waals surface area contributed by atoms with Crippen LogP contribution in [0, 0.1) is 17.9 Å². The Balaban J connectivity index is 1.88. The van der Waals surface area contributed by atoms with Crippen LogP contribution in [0.15, 0.2) is 41.8 Å². The number of hydrogen-bond acceptors (Lipinski definition) is 2. The maximum atomic E-state index is 10.6. The highest BCUT2D eigenvalue weighted by Crippen LogP contribution is 2.58. The molecule has 2 aromatic rings. The quantitative estimate of drug-likeness (QED) is 0.720. The summed E-state index contributed by atoms with van der Waals surface area (Å²) >= 11 is 0. The minimum atomic E-state index is -0.400. The van der Waals surface area contributed by atoms with Gasteiger partial charge >= 0.3 is 0 Å². The number of aromatic nitrogens is 2. The van der Waals surface area contributed by atoms with Crippen molar-refractivity contribution in [3.05, 3.63) is 64.5 Å². The van der Waals surface area contributed by atoms with Crippen molar-refractivity contribution < 1.29 is 5.11 Å². The number of rotatable bonds is 1. The molecule has 0 spiro atoms. The minimum Gasteiger partial charge on any atom is -0.523 e. The molecule has 0 bridgehead atoms. The monoisotopic (exact) mass is 333 g/mol. The Morgan fingerprint density at radius 1 is 1.24 bits per heavy atom. The zero-order chi connectivity index (χ0) is 17.8. The van der Waals surface area contributed by atoms with Crippen LogP contribution in [0.5, 0.6) is 0 Å². The van der Waals surface area contributed by atoms with Crippen LogP contribution in [0.1, 0.15) is 44.9 Å². The van der Waals surface area contributed by atoms with Crippen molar-refractivity contribution >= 4 is 0 Å². The Labute approximate surface area is 148 Å². The largest absolute Gasteiger partial charge is 0.523 e. The number of fused-ring (bicyclic) bond motifs is 3. The summed E-state index contributed by atoms with van der Waals surface area (Å²) in [4.78, 5) is 3.64. The number of benzene rings is 1. The molecule has 1 aromatic heterocycles. The van der Waals surface area contributed by atoms with Gasteiger partial charge in [0.1, 0.15) is 5.76 Å². The first-order valence-electron chi connectivity index (χ1n) is 8.82. The van der Waals surface area contributed by atoms with E-state index in [1.165, 1.54) is 5.56 Å². The van der Waals surface area contributed by atoms with E-state index in [1.54, 1.807) is 0 Å². The molecule has 0 fully saturated rings. The standard InChI is InChI=1S/C21H23N3O/c1-20(2)16-11-10-14-17(13-8-6-5-7-9-13)23-24-18(14)21(16,3)12-15(22-4)19(20)25/h5-9,16,25H,10-12H2,1-3H3,(H,23,24)/t16-,21-/m0/s1. The van der Waals surface area contributed by atoms with Crippen molar-refractivity contribution in [2.24, 2.45) is 11.3 Å². The molecule has 4 heteroatoms. The average molecular weight is 333 g/mol. The topological polar surface area (TPSA) is 53.3 Å². The van der Waals surface area contributed by atoms with Crippen molar-refractivity contribution in [2.45, 2.75) is 45.4 Å². The van der Waals surface area contributed by atoms with E-state index in [4.69, 9.17) is 6.57 Å². The predicted molar refractivity (Wildman–Crippen MR) is 97.8 cm³/mol. The SMILES string of the molecule is [C-]#[N+]C1=C(O)C(C)(C)[C@@H]2CCc3c(-c4ccccc4)n[nH]c3[C@@]2(C)C1. The highest BCUT2D eigenvalue weighted by molar-refractivity contribution is 5.65. The van der Waals surface area contributed by atoms with Crippen LogP contribution >= 0.6 is 0 Å². The minimum absolute atomic E-state index is 0.205. The molecular formula is C21H23N3O. The first-order chi connectivity index (χ1) is 11.9. The summed E-state index contributed by atoms with van der Waals surface area (Å²) in [6.07, 6.45) is 2.51. The molecular weight excluding hydrogens is 310 g/mol. The summed E-state index contributed by atoms with van der Waals surface area (Å²) < 4.78 is 0. The van der Waals surface area contributed by atoms with E-state index in [0.29, 0.717) is 12.1 Å². The van der Waals surface area contributed by atoms with Crippen LogP contribution in [0.2, 0.25) is 0 Å². The lowest BCUT2D eigenvalue weighted by atomic mass is 9.52. The summed E-state index contributed by atoms with van der Waals surface area (Å²) in [5, 5.41) is 18.6.